The van der Waals surface area contributed by atoms with Gasteiger partial charge in [-0.1, -0.05) is 36.4 Å². The molecule has 1 amide bonds. The minimum Gasteiger partial charge on any atom is -0.508 e. The Morgan fingerprint density at radius 3 is 2.78 bits per heavy atom. The number of benzene rings is 2. The lowest BCUT2D eigenvalue weighted by molar-refractivity contribution is -0.219. The molecule has 36 heavy (non-hydrogen) atoms. The van der Waals surface area contributed by atoms with Gasteiger partial charge in [-0.25, -0.2) is 0 Å². The summed E-state index contributed by atoms with van der Waals surface area (Å²) in [4.78, 5) is 18.2. The highest BCUT2D eigenvalue weighted by atomic mass is 16.5. The van der Waals surface area contributed by atoms with E-state index < -0.39 is 0 Å². The Morgan fingerprint density at radius 1 is 1.14 bits per heavy atom. The summed E-state index contributed by atoms with van der Waals surface area (Å²) in [5.74, 6) is 1.41. The first kappa shape index (κ1) is 22.8. The van der Waals surface area contributed by atoms with E-state index >= 15 is 0 Å². The first-order valence-electron chi connectivity index (χ1n) is 14.0. The van der Waals surface area contributed by atoms with Gasteiger partial charge in [-0.15, -0.1) is 0 Å². The zero-order valence-electron chi connectivity index (χ0n) is 21.4. The molecule has 0 radical (unpaired) electrons. The number of fused-ring (bicyclic) bond motifs is 2. The van der Waals surface area contributed by atoms with Gasteiger partial charge >= 0.3 is 0 Å². The molecule has 3 heterocycles. The third-order valence-corrected chi connectivity index (χ3v) is 10.3. The second kappa shape index (κ2) is 8.32. The number of carbonyl (C=O) groups excluding carboxylic acids is 1. The van der Waals surface area contributed by atoms with Crippen molar-refractivity contribution < 1.29 is 14.6 Å². The number of likely N-dealkylation sites (N-methyl/N-ethyl adjacent to an activating group) is 1. The molecular weight excluding hydrogens is 448 g/mol. The molecule has 2 aromatic rings. The monoisotopic (exact) mass is 486 g/mol. The second-order valence-electron chi connectivity index (χ2n) is 12.2. The third-order valence-electron chi connectivity index (χ3n) is 10.3. The van der Waals surface area contributed by atoms with Crippen LogP contribution < -0.4 is 0 Å². The Labute approximate surface area is 214 Å². The molecule has 3 saturated heterocycles. The maximum Gasteiger partial charge on any atom is 0.222 e. The van der Waals surface area contributed by atoms with Gasteiger partial charge in [0, 0.05) is 31.5 Å². The van der Waals surface area contributed by atoms with Crippen LogP contribution >= 0.6 is 0 Å². The van der Waals surface area contributed by atoms with Crippen LogP contribution in [0.3, 0.4) is 0 Å². The number of rotatable bonds is 6. The molecule has 1 saturated carbocycles. The van der Waals surface area contributed by atoms with E-state index in [1.807, 2.05) is 42.3 Å². The number of amides is 1. The summed E-state index contributed by atoms with van der Waals surface area (Å²) in [5, 5.41) is 10.5. The molecule has 4 bridgehead atoms. The maximum absolute atomic E-state index is 13.4. The molecular formula is C31H38N2O3. The number of aryl methyl sites for hydroxylation is 1. The lowest BCUT2D eigenvalue weighted by Crippen LogP contribution is -2.74. The molecule has 5 aliphatic rings. The molecule has 5 heteroatoms. The number of carbonyl (C=O) groups is 1. The van der Waals surface area contributed by atoms with Crippen molar-refractivity contribution in [2.24, 2.45) is 5.92 Å². The molecule has 2 aromatic carbocycles. The number of hydrogen-bond donors (Lipinski definition) is 1. The Morgan fingerprint density at radius 2 is 1.97 bits per heavy atom. The Kier molecular flexibility index (Phi) is 5.27. The van der Waals surface area contributed by atoms with Crippen LogP contribution in [0.15, 0.2) is 48.5 Å². The minimum absolute atomic E-state index is 0.0767. The normalized spacial score (nSPS) is 34.6. The van der Waals surface area contributed by atoms with E-state index in [0.29, 0.717) is 18.2 Å². The van der Waals surface area contributed by atoms with Gasteiger partial charge in [0.05, 0.1) is 17.7 Å². The summed E-state index contributed by atoms with van der Waals surface area (Å²) >= 11 is 0. The van der Waals surface area contributed by atoms with Gasteiger partial charge in [-0.2, -0.15) is 0 Å². The van der Waals surface area contributed by atoms with Gasteiger partial charge < -0.3 is 14.7 Å². The quantitative estimate of drug-likeness (QED) is 0.656. The first-order valence-corrected chi connectivity index (χ1v) is 14.0. The van der Waals surface area contributed by atoms with Crippen molar-refractivity contribution in [3.63, 3.8) is 0 Å². The third kappa shape index (κ3) is 3.39. The van der Waals surface area contributed by atoms with Gasteiger partial charge in [0.25, 0.3) is 0 Å². The van der Waals surface area contributed by atoms with E-state index in [-0.39, 0.29) is 29.1 Å². The van der Waals surface area contributed by atoms with Crippen molar-refractivity contribution in [2.75, 3.05) is 20.1 Å². The number of likely N-dealkylation sites (tertiary alicyclic amines) is 1. The molecule has 2 aliphatic carbocycles. The van der Waals surface area contributed by atoms with Gasteiger partial charge in [-0.05, 0) is 92.7 Å². The summed E-state index contributed by atoms with van der Waals surface area (Å²) in [7, 11) is 2.00. The number of phenolic OH excluding ortho intramolecular Hbond substituents is 1. The standard InChI is InChI=1S/C31H38N2O3/c1-32(29(35)12-9-21-5-3-2-4-6-21)26-19-30-15-16-33(20-22-7-8-22)28(31(30)14-13-27(26)36-31)17-23-10-11-24(34)18-25(23)30/h2-6,10-11,18,22,26-28,34H,7-9,12-17,19-20H2,1H3/t26-,27+,28-,30-,31-/m1/s1. The van der Waals surface area contributed by atoms with Crippen LogP contribution in [0.4, 0.5) is 0 Å². The Balaban J connectivity index is 1.21. The molecule has 4 fully saturated rings. The predicted octanol–water partition coefficient (Wildman–Crippen LogP) is 4.45. The molecule has 5 atom stereocenters. The van der Waals surface area contributed by atoms with Crippen LogP contribution in [-0.4, -0.2) is 64.7 Å². The van der Waals surface area contributed by atoms with Gasteiger partial charge in [-0.3, -0.25) is 9.69 Å². The number of aromatic hydroxyl groups is 1. The fraction of sp³-hybridized carbons (Fsp3) is 0.581. The summed E-state index contributed by atoms with van der Waals surface area (Å²) in [6.07, 6.45) is 9.20. The summed E-state index contributed by atoms with van der Waals surface area (Å²) in [5.41, 5.74) is 3.53. The highest BCUT2D eigenvalue weighted by molar-refractivity contribution is 5.76. The molecule has 5 nitrogen and oxygen atoms in total. The van der Waals surface area contributed by atoms with Crippen LogP contribution in [-0.2, 0) is 27.8 Å². The van der Waals surface area contributed by atoms with Crippen LogP contribution in [0.5, 0.6) is 5.75 Å². The topological polar surface area (TPSA) is 53.0 Å². The second-order valence-corrected chi connectivity index (χ2v) is 12.2. The smallest absolute Gasteiger partial charge is 0.222 e. The van der Waals surface area contributed by atoms with Crippen molar-refractivity contribution in [3.05, 3.63) is 65.2 Å². The van der Waals surface area contributed by atoms with Crippen molar-refractivity contribution in [3.8, 4) is 5.75 Å². The predicted molar refractivity (Wildman–Crippen MR) is 139 cm³/mol. The van der Waals surface area contributed by atoms with Crippen LogP contribution in [0.1, 0.15) is 61.6 Å². The summed E-state index contributed by atoms with van der Waals surface area (Å²) in [6.45, 7) is 2.29. The molecule has 0 aromatic heterocycles. The molecule has 190 valence electrons. The molecule has 0 unspecified atom stereocenters. The maximum atomic E-state index is 13.4. The number of nitrogens with zero attached hydrogens (tertiary/aromatic N) is 2. The lowest BCUT2D eigenvalue weighted by Gasteiger charge is -2.65. The molecule has 1 N–H and O–H groups in total. The van der Waals surface area contributed by atoms with E-state index in [0.717, 1.165) is 51.0 Å². The van der Waals surface area contributed by atoms with Crippen molar-refractivity contribution in [1.82, 2.24) is 9.80 Å². The molecule has 7 rings (SSSR count). The van der Waals surface area contributed by atoms with Crippen molar-refractivity contribution >= 4 is 5.91 Å². The molecule has 3 aliphatic heterocycles. The highest BCUT2D eigenvalue weighted by Gasteiger charge is 2.70. The fourth-order valence-corrected chi connectivity index (χ4v) is 8.35. The van der Waals surface area contributed by atoms with Crippen molar-refractivity contribution in [1.29, 1.82) is 0 Å². The zero-order chi connectivity index (χ0) is 24.5. The van der Waals surface area contributed by atoms with E-state index in [4.69, 9.17) is 4.74 Å². The Bertz CT molecular complexity index is 1160. The highest BCUT2D eigenvalue weighted by Crippen LogP contribution is 2.64. The lowest BCUT2D eigenvalue weighted by atomic mass is 9.51. The van der Waals surface area contributed by atoms with Gasteiger partial charge in [0.1, 0.15) is 5.75 Å². The number of piperidine rings is 1. The SMILES string of the molecule is CN(C(=O)CCc1ccccc1)[C@@H]1C[C@]23CCN(CC4CC4)[C@H](Cc4ccc(O)cc42)[C@]32CC[C@@H]1O2. The average molecular weight is 487 g/mol. The fourth-order valence-electron chi connectivity index (χ4n) is 8.35. The van der Waals surface area contributed by atoms with Crippen LogP contribution in [0.25, 0.3) is 0 Å². The van der Waals surface area contributed by atoms with Gasteiger partial charge in [0.2, 0.25) is 5.91 Å². The van der Waals surface area contributed by atoms with E-state index in [9.17, 15) is 9.90 Å². The molecule has 1 spiro atoms. The zero-order valence-corrected chi connectivity index (χ0v) is 21.4. The van der Waals surface area contributed by atoms with E-state index in [1.54, 1.807) is 0 Å². The Hall–Kier alpha value is -2.37. The number of phenols is 1. The first-order chi connectivity index (χ1) is 17.5. The summed E-state index contributed by atoms with van der Waals surface area (Å²) in [6, 6.07) is 16.8. The van der Waals surface area contributed by atoms with E-state index in [1.165, 1.54) is 36.1 Å². The summed E-state index contributed by atoms with van der Waals surface area (Å²) < 4.78 is 7.21. The van der Waals surface area contributed by atoms with Crippen LogP contribution in [0.2, 0.25) is 0 Å². The van der Waals surface area contributed by atoms with Gasteiger partial charge in [0.15, 0.2) is 0 Å². The van der Waals surface area contributed by atoms with Crippen LogP contribution in [0, 0.1) is 5.92 Å². The van der Waals surface area contributed by atoms with Crippen molar-refractivity contribution in [2.45, 2.75) is 87.0 Å². The minimum atomic E-state index is -0.198. The number of ether oxygens (including phenoxy) is 1. The largest absolute Gasteiger partial charge is 0.508 e. The average Bonchev–Trinajstić information content (AvgIpc) is 3.64. The number of hydrogen-bond acceptors (Lipinski definition) is 4. The van der Waals surface area contributed by atoms with E-state index in [2.05, 4.69) is 23.1 Å².